The summed E-state index contributed by atoms with van der Waals surface area (Å²) in [6.07, 6.45) is 4.65. The lowest BCUT2D eigenvalue weighted by molar-refractivity contribution is -0.117. The van der Waals surface area contributed by atoms with Crippen molar-refractivity contribution in [2.45, 2.75) is 38.1 Å². The summed E-state index contributed by atoms with van der Waals surface area (Å²) in [5.41, 5.74) is 0.464. The molecule has 1 aliphatic carbocycles. The number of carbonyl (C=O) groups is 1. The van der Waals surface area contributed by atoms with E-state index in [4.69, 9.17) is 0 Å². The summed E-state index contributed by atoms with van der Waals surface area (Å²) < 4.78 is 0. The summed E-state index contributed by atoms with van der Waals surface area (Å²) >= 11 is 0. The average Bonchev–Trinajstić information content (AvgIpc) is 2.70. The molecule has 2 aliphatic rings. The topological polar surface area (TPSA) is 20.3 Å². The van der Waals surface area contributed by atoms with Gasteiger partial charge in [-0.25, -0.2) is 0 Å². The molecule has 0 radical (unpaired) electrons. The second-order valence-electron chi connectivity index (χ2n) is 3.79. The monoisotopic (exact) mass is 153 g/mol. The molecule has 1 heterocycles. The zero-order chi connectivity index (χ0) is 7.90. The Labute approximate surface area is 67.6 Å². The molecule has 0 atom stereocenters. The molecule has 0 aromatic heterocycles. The van der Waals surface area contributed by atoms with Gasteiger partial charge in [0.05, 0.1) is 6.54 Å². The Morgan fingerprint density at radius 2 is 2.27 bits per heavy atom. The molecule has 11 heavy (non-hydrogen) atoms. The number of nitrogens with zero attached hydrogens (tertiary/aromatic N) is 1. The maximum absolute atomic E-state index is 11.0. The highest BCUT2D eigenvalue weighted by Gasteiger charge is 2.47. The Morgan fingerprint density at radius 1 is 1.55 bits per heavy atom. The molecule has 0 bridgehead atoms. The van der Waals surface area contributed by atoms with E-state index >= 15 is 0 Å². The standard InChI is InChI=1S/C9H15NO/c1-2-9(4-5-9)10-6-3-8(11)7-10/h2-7H2,1H3. The molecule has 1 saturated carbocycles. The van der Waals surface area contributed by atoms with Crippen molar-refractivity contribution in [1.82, 2.24) is 4.90 Å². The van der Waals surface area contributed by atoms with Gasteiger partial charge in [0.25, 0.3) is 0 Å². The van der Waals surface area contributed by atoms with Gasteiger partial charge in [0.1, 0.15) is 5.78 Å². The van der Waals surface area contributed by atoms with Gasteiger partial charge in [-0.1, -0.05) is 6.92 Å². The lowest BCUT2D eigenvalue weighted by Gasteiger charge is -2.24. The predicted octanol–water partition coefficient (Wildman–Crippen LogP) is 1.20. The largest absolute Gasteiger partial charge is 0.298 e. The normalized spacial score (nSPS) is 29.4. The van der Waals surface area contributed by atoms with Crippen molar-refractivity contribution in [3.05, 3.63) is 0 Å². The number of rotatable bonds is 2. The zero-order valence-corrected chi connectivity index (χ0v) is 7.10. The maximum atomic E-state index is 11.0. The van der Waals surface area contributed by atoms with Crippen LogP contribution in [0.1, 0.15) is 32.6 Å². The molecule has 0 aromatic rings. The van der Waals surface area contributed by atoms with Crippen LogP contribution in [-0.2, 0) is 4.79 Å². The van der Waals surface area contributed by atoms with Crippen LogP contribution in [-0.4, -0.2) is 29.3 Å². The number of hydrogen-bond donors (Lipinski definition) is 0. The Balaban J connectivity index is 2.00. The Hall–Kier alpha value is -0.370. The van der Waals surface area contributed by atoms with Crippen LogP contribution in [0.15, 0.2) is 0 Å². The van der Waals surface area contributed by atoms with Gasteiger partial charge in [-0.3, -0.25) is 9.69 Å². The van der Waals surface area contributed by atoms with Gasteiger partial charge in [0, 0.05) is 18.5 Å². The van der Waals surface area contributed by atoms with Crippen molar-refractivity contribution in [2.24, 2.45) is 0 Å². The summed E-state index contributed by atoms with van der Waals surface area (Å²) in [6.45, 7) is 3.98. The molecule has 2 heteroatoms. The first kappa shape index (κ1) is 7.29. The van der Waals surface area contributed by atoms with Crippen LogP contribution in [0.4, 0.5) is 0 Å². The Morgan fingerprint density at radius 3 is 2.64 bits per heavy atom. The molecular formula is C9H15NO. The average molecular weight is 153 g/mol. The number of carbonyl (C=O) groups excluding carboxylic acids is 1. The van der Waals surface area contributed by atoms with Crippen molar-refractivity contribution in [3.8, 4) is 0 Å². The van der Waals surface area contributed by atoms with Crippen molar-refractivity contribution < 1.29 is 4.79 Å². The molecule has 62 valence electrons. The predicted molar refractivity (Wildman–Crippen MR) is 43.5 cm³/mol. The molecule has 2 fully saturated rings. The summed E-state index contributed by atoms with van der Waals surface area (Å²) in [7, 11) is 0. The Bertz CT molecular complexity index is 184. The number of Topliss-reactive ketones (excluding diaryl/α,β-unsaturated/α-hetero) is 1. The van der Waals surface area contributed by atoms with Crippen LogP contribution >= 0.6 is 0 Å². The molecule has 2 rings (SSSR count). The molecule has 0 N–H and O–H groups in total. The van der Waals surface area contributed by atoms with Crippen LogP contribution in [0, 0.1) is 0 Å². The minimum atomic E-state index is 0.435. The van der Waals surface area contributed by atoms with E-state index in [1.807, 2.05) is 0 Å². The maximum Gasteiger partial charge on any atom is 0.148 e. The molecule has 0 amide bonds. The van der Waals surface area contributed by atoms with Crippen LogP contribution in [0.25, 0.3) is 0 Å². The van der Waals surface area contributed by atoms with E-state index in [0.29, 0.717) is 11.3 Å². The van der Waals surface area contributed by atoms with Gasteiger partial charge in [0.15, 0.2) is 0 Å². The van der Waals surface area contributed by atoms with Gasteiger partial charge in [-0.2, -0.15) is 0 Å². The third kappa shape index (κ3) is 1.09. The van der Waals surface area contributed by atoms with Gasteiger partial charge in [-0.05, 0) is 19.3 Å². The number of hydrogen-bond acceptors (Lipinski definition) is 2. The van der Waals surface area contributed by atoms with Crippen molar-refractivity contribution in [3.63, 3.8) is 0 Å². The zero-order valence-electron chi connectivity index (χ0n) is 7.10. The molecule has 2 nitrogen and oxygen atoms in total. The Kier molecular flexibility index (Phi) is 1.53. The second-order valence-corrected chi connectivity index (χ2v) is 3.79. The highest BCUT2D eigenvalue weighted by molar-refractivity contribution is 5.82. The van der Waals surface area contributed by atoms with E-state index < -0.39 is 0 Å². The smallest absolute Gasteiger partial charge is 0.148 e. The molecular weight excluding hydrogens is 138 g/mol. The van der Waals surface area contributed by atoms with E-state index in [1.165, 1.54) is 19.3 Å². The van der Waals surface area contributed by atoms with Crippen molar-refractivity contribution in [2.75, 3.05) is 13.1 Å². The molecule has 0 aromatic carbocycles. The first-order chi connectivity index (χ1) is 5.27. The fraction of sp³-hybridized carbons (Fsp3) is 0.889. The lowest BCUT2D eigenvalue weighted by atomic mass is 10.2. The van der Waals surface area contributed by atoms with Gasteiger partial charge in [0.2, 0.25) is 0 Å². The quantitative estimate of drug-likeness (QED) is 0.594. The van der Waals surface area contributed by atoms with E-state index in [9.17, 15) is 4.79 Å². The van der Waals surface area contributed by atoms with Crippen LogP contribution in [0.3, 0.4) is 0 Å². The fourth-order valence-corrected chi connectivity index (χ4v) is 2.07. The minimum Gasteiger partial charge on any atom is -0.298 e. The van der Waals surface area contributed by atoms with Crippen LogP contribution in [0.5, 0.6) is 0 Å². The fourth-order valence-electron chi connectivity index (χ4n) is 2.07. The highest BCUT2D eigenvalue weighted by atomic mass is 16.1. The molecule has 0 unspecified atom stereocenters. The summed E-state index contributed by atoms with van der Waals surface area (Å²) in [4.78, 5) is 13.4. The van der Waals surface area contributed by atoms with E-state index in [2.05, 4.69) is 11.8 Å². The van der Waals surface area contributed by atoms with Gasteiger partial charge >= 0.3 is 0 Å². The number of ketones is 1. The van der Waals surface area contributed by atoms with Crippen molar-refractivity contribution >= 4 is 5.78 Å². The summed E-state index contributed by atoms with van der Waals surface area (Å²) in [6, 6.07) is 0. The van der Waals surface area contributed by atoms with Crippen LogP contribution < -0.4 is 0 Å². The summed E-state index contributed by atoms with van der Waals surface area (Å²) in [5, 5.41) is 0. The second kappa shape index (κ2) is 2.31. The first-order valence-corrected chi connectivity index (χ1v) is 4.54. The highest BCUT2D eigenvalue weighted by Crippen LogP contribution is 2.45. The van der Waals surface area contributed by atoms with Crippen molar-refractivity contribution in [1.29, 1.82) is 0 Å². The summed E-state index contributed by atoms with van der Waals surface area (Å²) in [5.74, 6) is 0.435. The SMILES string of the molecule is CCC1(N2CCC(=O)C2)CC1. The molecule has 1 aliphatic heterocycles. The molecule has 1 saturated heterocycles. The van der Waals surface area contributed by atoms with E-state index in [-0.39, 0.29) is 0 Å². The lowest BCUT2D eigenvalue weighted by Crippen LogP contribution is -2.34. The third-order valence-corrected chi connectivity index (χ3v) is 3.18. The van der Waals surface area contributed by atoms with Gasteiger partial charge in [-0.15, -0.1) is 0 Å². The first-order valence-electron chi connectivity index (χ1n) is 4.54. The third-order valence-electron chi connectivity index (χ3n) is 3.18. The minimum absolute atomic E-state index is 0.435. The van der Waals surface area contributed by atoms with E-state index in [1.54, 1.807) is 0 Å². The molecule has 0 spiro atoms. The number of likely N-dealkylation sites (tertiary alicyclic amines) is 1. The van der Waals surface area contributed by atoms with Crippen LogP contribution in [0.2, 0.25) is 0 Å². The van der Waals surface area contributed by atoms with Gasteiger partial charge < -0.3 is 0 Å². The van der Waals surface area contributed by atoms with E-state index in [0.717, 1.165) is 19.5 Å².